The first kappa shape index (κ1) is 10.9. The average Bonchev–Trinajstić information content (AvgIpc) is 3.04. The van der Waals surface area contributed by atoms with Crippen LogP contribution in [-0.2, 0) is 6.54 Å². The van der Waals surface area contributed by atoms with Crippen LogP contribution in [-0.4, -0.2) is 11.8 Å². The normalized spacial score (nSPS) is 12.2. The van der Waals surface area contributed by atoms with Crippen LogP contribution >= 0.6 is 11.3 Å². The highest BCUT2D eigenvalue weighted by Crippen LogP contribution is 2.32. The van der Waals surface area contributed by atoms with E-state index in [0.717, 1.165) is 22.2 Å². The molecule has 3 rings (SSSR count). The summed E-state index contributed by atoms with van der Waals surface area (Å²) < 4.78 is 10.6. The van der Waals surface area contributed by atoms with Gasteiger partial charge in [0.2, 0.25) is 6.79 Å². The molecule has 0 bridgehead atoms. The smallest absolute Gasteiger partial charge is 0.231 e. The van der Waals surface area contributed by atoms with Gasteiger partial charge in [-0.2, -0.15) is 5.26 Å². The number of nitrogens with zero attached hydrogens (tertiary/aromatic N) is 2. The zero-order chi connectivity index (χ0) is 12.4. The van der Waals surface area contributed by atoms with Crippen LogP contribution in [0.4, 0.5) is 5.13 Å². The molecule has 18 heavy (non-hydrogen) atoms. The van der Waals surface area contributed by atoms with Crippen molar-refractivity contribution in [2.24, 2.45) is 0 Å². The molecule has 0 spiro atoms. The summed E-state index contributed by atoms with van der Waals surface area (Å²) in [7, 11) is 0. The van der Waals surface area contributed by atoms with E-state index in [1.54, 1.807) is 6.20 Å². The standard InChI is InChI=1S/C12H9N3O2S/c13-4-9-6-15-12(18-9)14-5-8-1-2-10-11(3-8)17-7-16-10/h1-3,6H,5,7H2,(H,14,15). The number of nitrogens with one attached hydrogen (secondary N) is 1. The minimum absolute atomic E-state index is 0.282. The van der Waals surface area contributed by atoms with E-state index >= 15 is 0 Å². The number of benzene rings is 1. The van der Waals surface area contributed by atoms with Gasteiger partial charge >= 0.3 is 0 Å². The van der Waals surface area contributed by atoms with E-state index in [4.69, 9.17) is 14.7 Å². The van der Waals surface area contributed by atoms with Crippen LogP contribution in [0.1, 0.15) is 10.4 Å². The third-order valence-corrected chi connectivity index (χ3v) is 3.36. The molecule has 0 fully saturated rings. The maximum absolute atomic E-state index is 8.70. The fourth-order valence-electron chi connectivity index (χ4n) is 1.64. The monoisotopic (exact) mass is 259 g/mol. The highest BCUT2D eigenvalue weighted by atomic mass is 32.1. The predicted octanol–water partition coefficient (Wildman–Crippen LogP) is 2.36. The van der Waals surface area contributed by atoms with Gasteiger partial charge in [0, 0.05) is 6.54 Å². The summed E-state index contributed by atoms with van der Waals surface area (Å²) in [6.07, 6.45) is 1.56. The summed E-state index contributed by atoms with van der Waals surface area (Å²) >= 11 is 1.34. The molecule has 1 aromatic carbocycles. The number of rotatable bonds is 3. The predicted molar refractivity (Wildman–Crippen MR) is 66.7 cm³/mol. The number of hydrogen-bond donors (Lipinski definition) is 1. The number of anilines is 1. The number of thiazole rings is 1. The second-order valence-corrected chi connectivity index (χ2v) is 4.71. The van der Waals surface area contributed by atoms with Gasteiger partial charge in [0.1, 0.15) is 10.9 Å². The van der Waals surface area contributed by atoms with Gasteiger partial charge in [0.25, 0.3) is 0 Å². The molecular formula is C12H9N3O2S. The Bertz CT molecular complexity index is 618. The number of ether oxygens (including phenoxy) is 2. The Balaban J connectivity index is 1.68. The molecule has 1 N–H and O–H groups in total. The van der Waals surface area contributed by atoms with Crippen molar-refractivity contribution in [3.8, 4) is 17.6 Å². The first-order valence-electron chi connectivity index (χ1n) is 5.33. The molecular weight excluding hydrogens is 250 g/mol. The molecule has 6 heteroatoms. The van der Waals surface area contributed by atoms with Crippen LogP contribution in [0.15, 0.2) is 24.4 Å². The molecule has 1 aliphatic rings. The lowest BCUT2D eigenvalue weighted by Gasteiger charge is -2.03. The summed E-state index contributed by atoms with van der Waals surface area (Å²) in [5.41, 5.74) is 1.08. The summed E-state index contributed by atoms with van der Waals surface area (Å²) in [5.74, 6) is 1.55. The van der Waals surface area contributed by atoms with Gasteiger partial charge in [-0.1, -0.05) is 17.4 Å². The lowest BCUT2D eigenvalue weighted by atomic mass is 10.2. The molecule has 90 valence electrons. The first-order valence-corrected chi connectivity index (χ1v) is 6.15. The van der Waals surface area contributed by atoms with Crippen molar-refractivity contribution in [2.75, 3.05) is 12.1 Å². The molecule has 5 nitrogen and oxygen atoms in total. The molecule has 0 amide bonds. The molecule has 0 atom stereocenters. The van der Waals surface area contributed by atoms with Crippen molar-refractivity contribution in [3.63, 3.8) is 0 Å². The molecule has 0 radical (unpaired) electrons. The average molecular weight is 259 g/mol. The minimum Gasteiger partial charge on any atom is -0.454 e. The van der Waals surface area contributed by atoms with Crippen LogP contribution in [0.2, 0.25) is 0 Å². The number of fused-ring (bicyclic) bond motifs is 1. The lowest BCUT2D eigenvalue weighted by Crippen LogP contribution is -1.98. The van der Waals surface area contributed by atoms with Crippen LogP contribution in [0.25, 0.3) is 0 Å². The van der Waals surface area contributed by atoms with Gasteiger partial charge in [-0.05, 0) is 17.7 Å². The van der Waals surface area contributed by atoms with Crippen LogP contribution < -0.4 is 14.8 Å². The van der Waals surface area contributed by atoms with E-state index in [0.29, 0.717) is 11.4 Å². The Morgan fingerprint density at radius 3 is 3.11 bits per heavy atom. The highest BCUT2D eigenvalue weighted by molar-refractivity contribution is 7.16. The molecule has 1 aromatic heterocycles. The Morgan fingerprint density at radius 2 is 2.28 bits per heavy atom. The lowest BCUT2D eigenvalue weighted by molar-refractivity contribution is 0.174. The Labute approximate surface area is 108 Å². The Morgan fingerprint density at radius 1 is 1.39 bits per heavy atom. The fourth-order valence-corrected chi connectivity index (χ4v) is 2.25. The summed E-state index contributed by atoms with van der Waals surface area (Å²) in [6.45, 7) is 0.916. The Hall–Kier alpha value is -2.26. The van der Waals surface area contributed by atoms with Crippen LogP contribution in [0.3, 0.4) is 0 Å². The van der Waals surface area contributed by atoms with E-state index in [9.17, 15) is 0 Å². The first-order chi connectivity index (χ1) is 8.85. The third kappa shape index (κ3) is 2.08. The zero-order valence-electron chi connectivity index (χ0n) is 9.34. The quantitative estimate of drug-likeness (QED) is 0.916. The summed E-state index contributed by atoms with van der Waals surface area (Å²) in [4.78, 5) is 4.70. The minimum atomic E-state index is 0.282. The maximum Gasteiger partial charge on any atom is 0.231 e. The second-order valence-electron chi connectivity index (χ2n) is 3.68. The summed E-state index contributed by atoms with van der Waals surface area (Å²) in [5, 5.41) is 12.6. The van der Waals surface area contributed by atoms with Crippen LogP contribution in [0.5, 0.6) is 11.5 Å². The van der Waals surface area contributed by atoms with E-state index < -0.39 is 0 Å². The van der Waals surface area contributed by atoms with E-state index in [1.807, 2.05) is 18.2 Å². The van der Waals surface area contributed by atoms with E-state index in [-0.39, 0.29) is 6.79 Å². The van der Waals surface area contributed by atoms with Crippen molar-refractivity contribution in [1.29, 1.82) is 5.26 Å². The van der Waals surface area contributed by atoms with Crippen molar-refractivity contribution in [3.05, 3.63) is 34.8 Å². The highest BCUT2D eigenvalue weighted by Gasteiger charge is 2.13. The van der Waals surface area contributed by atoms with Crippen LogP contribution in [0, 0.1) is 11.3 Å². The van der Waals surface area contributed by atoms with Gasteiger partial charge in [-0.15, -0.1) is 0 Å². The van der Waals surface area contributed by atoms with Gasteiger partial charge in [-0.25, -0.2) is 4.98 Å². The van der Waals surface area contributed by atoms with Crippen molar-refractivity contribution in [2.45, 2.75) is 6.54 Å². The molecule has 0 aliphatic carbocycles. The largest absolute Gasteiger partial charge is 0.454 e. The Kier molecular flexibility index (Phi) is 2.74. The molecule has 1 aliphatic heterocycles. The van der Waals surface area contributed by atoms with Gasteiger partial charge in [0.05, 0.1) is 6.20 Å². The fraction of sp³-hybridized carbons (Fsp3) is 0.167. The zero-order valence-corrected chi connectivity index (χ0v) is 10.2. The number of nitriles is 1. The SMILES string of the molecule is N#Cc1cnc(NCc2ccc3c(c2)OCO3)s1. The van der Waals surface area contributed by atoms with E-state index in [2.05, 4.69) is 16.4 Å². The van der Waals surface area contributed by atoms with Crippen molar-refractivity contribution in [1.82, 2.24) is 4.98 Å². The molecule has 2 heterocycles. The van der Waals surface area contributed by atoms with Gasteiger partial charge in [0.15, 0.2) is 16.6 Å². The van der Waals surface area contributed by atoms with E-state index in [1.165, 1.54) is 11.3 Å². The number of aromatic nitrogens is 1. The molecule has 2 aromatic rings. The van der Waals surface area contributed by atoms with Crippen molar-refractivity contribution >= 4 is 16.5 Å². The number of hydrogen-bond acceptors (Lipinski definition) is 6. The third-order valence-electron chi connectivity index (χ3n) is 2.50. The van der Waals surface area contributed by atoms with Gasteiger partial charge < -0.3 is 14.8 Å². The maximum atomic E-state index is 8.70. The topological polar surface area (TPSA) is 67.2 Å². The van der Waals surface area contributed by atoms with Gasteiger partial charge in [-0.3, -0.25) is 0 Å². The molecule has 0 saturated carbocycles. The summed E-state index contributed by atoms with van der Waals surface area (Å²) in [6, 6.07) is 7.86. The van der Waals surface area contributed by atoms with Crippen molar-refractivity contribution < 1.29 is 9.47 Å². The molecule has 0 saturated heterocycles. The second kappa shape index (κ2) is 4.55. The molecule has 0 unspecified atom stereocenters.